The number of halogens is 3. The lowest BCUT2D eigenvalue weighted by molar-refractivity contribution is 0.0788. The number of carbonyl (C=O) groups excluding carboxylic acids is 1. The zero-order valence-electron chi connectivity index (χ0n) is 21.5. The van der Waals surface area contributed by atoms with Crippen molar-refractivity contribution in [1.82, 2.24) is 9.80 Å². The second kappa shape index (κ2) is 10.5. The smallest absolute Gasteiger partial charge is 0.258 e. The molecule has 6 rings (SSSR count). The fraction of sp³-hybridized carbons (Fsp3) is 0.419. The van der Waals surface area contributed by atoms with E-state index in [9.17, 15) is 18.0 Å². The molecule has 0 unspecified atom stereocenters. The van der Waals surface area contributed by atoms with Gasteiger partial charge in [0.15, 0.2) is 0 Å². The van der Waals surface area contributed by atoms with Crippen LogP contribution in [0.5, 0.6) is 0 Å². The van der Waals surface area contributed by atoms with Gasteiger partial charge >= 0.3 is 0 Å². The molecule has 7 heteroatoms. The van der Waals surface area contributed by atoms with Crippen molar-refractivity contribution in [3.8, 4) is 0 Å². The van der Waals surface area contributed by atoms with Crippen molar-refractivity contribution in [3.63, 3.8) is 0 Å². The van der Waals surface area contributed by atoms with Crippen LogP contribution in [0.25, 0.3) is 0 Å². The van der Waals surface area contributed by atoms with E-state index in [0.29, 0.717) is 43.7 Å². The van der Waals surface area contributed by atoms with Crippen molar-refractivity contribution in [1.29, 1.82) is 0 Å². The number of rotatable bonds is 5. The van der Waals surface area contributed by atoms with Crippen molar-refractivity contribution in [2.75, 3.05) is 26.2 Å². The third kappa shape index (κ3) is 4.84. The van der Waals surface area contributed by atoms with E-state index in [1.54, 1.807) is 17.1 Å². The molecule has 1 aromatic rings. The van der Waals surface area contributed by atoms with Crippen LogP contribution < -0.4 is 0 Å². The summed E-state index contributed by atoms with van der Waals surface area (Å²) in [5.41, 5.74) is 6.23. The summed E-state index contributed by atoms with van der Waals surface area (Å²) < 4.78 is 42.1. The molecule has 0 aromatic heterocycles. The Morgan fingerprint density at radius 2 is 1.76 bits per heavy atom. The van der Waals surface area contributed by atoms with Crippen LogP contribution in [0.1, 0.15) is 61.7 Å². The lowest BCUT2D eigenvalue weighted by atomic mass is 9.83. The highest BCUT2D eigenvalue weighted by Gasteiger charge is 2.33. The molecule has 1 amide bonds. The van der Waals surface area contributed by atoms with Crippen molar-refractivity contribution in [3.05, 3.63) is 93.6 Å². The van der Waals surface area contributed by atoms with Crippen molar-refractivity contribution < 1.29 is 18.0 Å². The summed E-state index contributed by atoms with van der Waals surface area (Å²) in [7, 11) is 0. The molecule has 0 radical (unpaired) electrons. The fourth-order valence-electron chi connectivity index (χ4n) is 6.50. The predicted molar refractivity (Wildman–Crippen MR) is 142 cm³/mol. The highest BCUT2D eigenvalue weighted by atomic mass is 19.1. The van der Waals surface area contributed by atoms with E-state index in [0.717, 1.165) is 79.0 Å². The lowest BCUT2D eigenvalue weighted by Gasteiger charge is -2.38. The first kappa shape index (κ1) is 25.1. The lowest BCUT2D eigenvalue weighted by Crippen LogP contribution is -2.39. The Kier molecular flexibility index (Phi) is 6.95. The number of hydrogen-bond donors (Lipinski definition) is 0. The van der Waals surface area contributed by atoms with Crippen molar-refractivity contribution in [2.24, 2.45) is 10.9 Å². The first-order valence-corrected chi connectivity index (χ1v) is 13.7. The molecule has 2 aliphatic carbocycles. The highest BCUT2D eigenvalue weighted by molar-refractivity contribution is 6.08. The molecule has 3 aliphatic heterocycles. The number of fused-ring (bicyclic) bond motifs is 2. The molecular weight excluding hydrogens is 487 g/mol. The summed E-state index contributed by atoms with van der Waals surface area (Å²) in [6.45, 7) is 3.05. The minimum atomic E-state index is -0.376. The highest BCUT2D eigenvalue weighted by Crippen LogP contribution is 2.41. The van der Waals surface area contributed by atoms with Gasteiger partial charge < -0.3 is 9.80 Å². The second-order valence-corrected chi connectivity index (χ2v) is 10.8. The molecule has 4 nitrogen and oxygen atoms in total. The van der Waals surface area contributed by atoms with Gasteiger partial charge in [0.2, 0.25) is 0 Å². The number of likely N-dealkylation sites (tertiary alicyclic amines) is 1. The van der Waals surface area contributed by atoms with E-state index in [2.05, 4.69) is 9.89 Å². The summed E-state index contributed by atoms with van der Waals surface area (Å²) in [6.07, 6.45) is 10.8. The van der Waals surface area contributed by atoms with Crippen LogP contribution in [0, 0.1) is 11.7 Å². The Labute approximate surface area is 221 Å². The van der Waals surface area contributed by atoms with Crippen LogP contribution in [-0.4, -0.2) is 47.6 Å². The van der Waals surface area contributed by atoms with Crippen LogP contribution in [0.3, 0.4) is 0 Å². The predicted octanol–water partition coefficient (Wildman–Crippen LogP) is 6.96. The molecule has 0 N–H and O–H groups in total. The Morgan fingerprint density at radius 1 is 0.974 bits per heavy atom. The van der Waals surface area contributed by atoms with E-state index < -0.39 is 0 Å². The van der Waals surface area contributed by atoms with E-state index in [1.807, 2.05) is 6.20 Å². The fourth-order valence-corrected chi connectivity index (χ4v) is 6.50. The number of allylic oxidation sites excluding steroid dienone is 7. The maximum atomic E-state index is 14.8. The standard InChI is InChI=1S/C31H32F3N3O/c32-22-6-4-21(5-7-22)31(38)37-17-12-24-25(2-1-3-28(24)34)30(37)13-16-36-14-10-20(11-15-36)27-19-35-29-9-8-23(33)18-26(27)29/h4-8,18-20H,1-3,9-17H2. The summed E-state index contributed by atoms with van der Waals surface area (Å²) in [4.78, 5) is 22.2. The zero-order valence-corrected chi connectivity index (χ0v) is 21.5. The van der Waals surface area contributed by atoms with Crippen molar-refractivity contribution >= 4 is 11.6 Å². The number of benzene rings is 1. The monoisotopic (exact) mass is 519 g/mol. The largest absolute Gasteiger partial charge is 0.311 e. The third-order valence-electron chi connectivity index (χ3n) is 8.56. The number of nitrogens with zero attached hydrogens (tertiary/aromatic N) is 3. The summed E-state index contributed by atoms with van der Waals surface area (Å²) >= 11 is 0. The molecule has 0 bridgehead atoms. The molecule has 1 fully saturated rings. The van der Waals surface area contributed by atoms with Gasteiger partial charge in [-0.1, -0.05) is 0 Å². The van der Waals surface area contributed by atoms with Gasteiger partial charge in [-0.15, -0.1) is 0 Å². The first-order valence-electron chi connectivity index (χ1n) is 13.7. The number of carbonyl (C=O) groups is 1. The maximum Gasteiger partial charge on any atom is 0.258 e. The van der Waals surface area contributed by atoms with Crippen LogP contribution in [-0.2, 0) is 0 Å². The quantitative estimate of drug-likeness (QED) is 0.422. The average molecular weight is 520 g/mol. The van der Waals surface area contributed by atoms with Crippen LogP contribution in [0.2, 0.25) is 0 Å². The van der Waals surface area contributed by atoms with Crippen LogP contribution >= 0.6 is 0 Å². The third-order valence-corrected chi connectivity index (χ3v) is 8.56. The van der Waals surface area contributed by atoms with E-state index >= 15 is 0 Å². The molecule has 1 aromatic carbocycles. The van der Waals surface area contributed by atoms with Gasteiger partial charge in [-0.25, -0.2) is 13.2 Å². The Hall–Kier alpha value is -3.19. The van der Waals surface area contributed by atoms with Gasteiger partial charge in [-0.05, 0) is 111 Å². The van der Waals surface area contributed by atoms with E-state index in [1.165, 1.54) is 24.3 Å². The normalized spacial score (nSPS) is 22.6. The molecule has 5 aliphatic rings. The summed E-state index contributed by atoms with van der Waals surface area (Å²) in [5.74, 6) is -0.381. The molecule has 0 saturated carbocycles. The SMILES string of the molecule is O=C(c1ccc(F)cc1)N1CCC2=C(F)CCCC2=C1CCN1CCC(C2=CN=C3CC=C(F)C=C23)CC1. The van der Waals surface area contributed by atoms with Crippen LogP contribution in [0.4, 0.5) is 13.2 Å². The molecule has 0 spiro atoms. The minimum absolute atomic E-state index is 0.0341. The van der Waals surface area contributed by atoms with Gasteiger partial charge in [0.1, 0.15) is 17.5 Å². The summed E-state index contributed by atoms with van der Waals surface area (Å²) in [5, 5.41) is 0. The molecule has 1 saturated heterocycles. The number of amides is 1. The topological polar surface area (TPSA) is 35.9 Å². The number of aliphatic imine (C=N–C) groups is 1. The van der Waals surface area contributed by atoms with Gasteiger partial charge in [-0.3, -0.25) is 9.79 Å². The second-order valence-electron chi connectivity index (χ2n) is 10.8. The molecule has 3 heterocycles. The van der Waals surface area contributed by atoms with E-state index in [4.69, 9.17) is 0 Å². The molecular formula is C31H32F3N3O. The maximum absolute atomic E-state index is 14.8. The van der Waals surface area contributed by atoms with Crippen LogP contribution in [0.15, 0.2) is 87.3 Å². The van der Waals surface area contributed by atoms with Crippen molar-refractivity contribution in [2.45, 2.75) is 51.4 Å². The summed E-state index contributed by atoms with van der Waals surface area (Å²) in [6, 6.07) is 5.66. The average Bonchev–Trinajstić information content (AvgIpc) is 3.35. The Balaban J connectivity index is 1.15. The Bertz CT molecular complexity index is 1320. The first-order chi connectivity index (χ1) is 18.5. The van der Waals surface area contributed by atoms with Gasteiger partial charge in [-0.2, -0.15) is 0 Å². The van der Waals surface area contributed by atoms with E-state index in [-0.39, 0.29) is 23.4 Å². The van der Waals surface area contributed by atoms with Gasteiger partial charge in [0, 0.05) is 49.0 Å². The van der Waals surface area contributed by atoms with Gasteiger partial charge in [0.05, 0.1) is 5.71 Å². The minimum Gasteiger partial charge on any atom is -0.311 e. The molecule has 38 heavy (non-hydrogen) atoms. The van der Waals surface area contributed by atoms with Gasteiger partial charge in [0.25, 0.3) is 5.91 Å². The zero-order chi connectivity index (χ0) is 26.2. The number of piperidine rings is 1. The molecule has 198 valence electrons. The molecule has 0 atom stereocenters. The Morgan fingerprint density at radius 3 is 2.55 bits per heavy atom. The number of hydrogen-bond acceptors (Lipinski definition) is 3.